The predicted molar refractivity (Wildman–Crippen MR) is 73.4 cm³/mol. The van der Waals surface area contributed by atoms with Gasteiger partial charge in [0, 0.05) is 29.7 Å². The lowest BCUT2D eigenvalue weighted by molar-refractivity contribution is 0.129. The summed E-state index contributed by atoms with van der Waals surface area (Å²) in [5.41, 5.74) is 1.15. The van der Waals surface area contributed by atoms with Crippen molar-refractivity contribution in [3.63, 3.8) is 0 Å². The Kier molecular flexibility index (Phi) is 4.54. The average Bonchev–Trinajstić information content (AvgIpc) is 2.69. The number of likely N-dealkylation sites (tertiary alicyclic amines) is 1. The number of aromatic nitrogens is 1. The highest BCUT2D eigenvalue weighted by atomic mass is 32.1. The van der Waals surface area contributed by atoms with Crippen molar-refractivity contribution in [1.29, 1.82) is 0 Å². The SMILES string of the molecule is CCNC1CCN(Cc2nc(C)cs2)C(C)C1. The molecule has 2 unspecified atom stereocenters. The van der Waals surface area contributed by atoms with Crippen LogP contribution in [0.4, 0.5) is 0 Å². The maximum Gasteiger partial charge on any atom is 0.107 e. The summed E-state index contributed by atoms with van der Waals surface area (Å²) in [6.45, 7) is 9.90. The van der Waals surface area contributed by atoms with Gasteiger partial charge in [-0.15, -0.1) is 11.3 Å². The minimum atomic E-state index is 0.664. The molecule has 0 aliphatic carbocycles. The Balaban J connectivity index is 1.87. The molecule has 2 rings (SSSR count). The van der Waals surface area contributed by atoms with Crippen LogP contribution in [0.2, 0.25) is 0 Å². The zero-order valence-corrected chi connectivity index (χ0v) is 11.9. The fourth-order valence-corrected chi connectivity index (χ4v) is 3.38. The van der Waals surface area contributed by atoms with Crippen molar-refractivity contribution < 1.29 is 0 Å². The Hall–Kier alpha value is -0.450. The molecule has 0 bridgehead atoms. The largest absolute Gasteiger partial charge is 0.314 e. The first-order chi connectivity index (χ1) is 8.19. The number of hydrogen-bond donors (Lipinski definition) is 1. The van der Waals surface area contributed by atoms with Crippen molar-refractivity contribution in [2.75, 3.05) is 13.1 Å². The Morgan fingerprint density at radius 1 is 1.59 bits per heavy atom. The second kappa shape index (κ2) is 5.94. The van der Waals surface area contributed by atoms with Gasteiger partial charge in [-0.25, -0.2) is 4.98 Å². The summed E-state index contributed by atoms with van der Waals surface area (Å²) in [7, 11) is 0. The van der Waals surface area contributed by atoms with Gasteiger partial charge in [-0.2, -0.15) is 0 Å². The molecule has 3 nitrogen and oxygen atoms in total. The third kappa shape index (κ3) is 3.50. The Morgan fingerprint density at radius 2 is 2.41 bits per heavy atom. The van der Waals surface area contributed by atoms with Crippen LogP contribution >= 0.6 is 11.3 Å². The topological polar surface area (TPSA) is 28.2 Å². The maximum atomic E-state index is 4.56. The molecule has 1 aromatic heterocycles. The molecule has 96 valence electrons. The number of nitrogens with zero attached hydrogens (tertiary/aromatic N) is 2. The lowest BCUT2D eigenvalue weighted by Gasteiger charge is -2.37. The number of aryl methyl sites for hydroxylation is 1. The highest BCUT2D eigenvalue weighted by Crippen LogP contribution is 2.21. The lowest BCUT2D eigenvalue weighted by atomic mass is 9.98. The van der Waals surface area contributed by atoms with Crippen LogP contribution in [0.25, 0.3) is 0 Å². The number of piperidine rings is 1. The first-order valence-corrected chi connectivity index (χ1v) is 7.45. The smallest absolute Gasteiger partial charge is 0.107 e. The van der Waals surface area contributed by atoms with Gasteiger partial charge < -0.3 is 5.32 Å². The van der Waals surface area contributed by atoms with Gasteiger partial charge in [0.2, 0.25) is 0 Å². The molecular formula is C13H23N3S. The molecule has 0 amide bonds. The summed E-state index contributed by atoms with van der Waals surface area (Å²) >= 11 is 1.79. The maximum absolute atomic E-state index is 4.56. The van der Waals surface area contributed by atoms with Crippen LogP contribution in [0.1, 0.15) is 37.4 Å². The molecule has 0 spiro atoms. The molecule has 1 aromatic rings. The van der Waals surface area contributed by atoms with Gasteiger partial charge in [0.05, 0.1) is 6.54 Å². The van der Waals surface area contributed by atoms with Crippen LogP contribution < -0.4 is 5.32 Å². The summed E-state index contributed by atoms with van der Waals surface area (Å²) in [6, 6.07) is 1.38. The Labute approximate surface area is 108 Å². The highest BCUT2D eigenvalue weighted by Gasteiger charge is 2.25. The molecule has 1 aliphatic heterocycles. The summed E-state index contributed by atoms with van der Waals surface area (Å²) < 4.78 is 0. The molecule has 0 aromatic carbocycles. The molecule has 4 heteroatoms. The van der Waals surface area contributed by atoms with E-state index in [2.05, 4.69) is 41.4 Å². The van der Waals surface area contributed by atoms with Crippen LogP contribution in [0, 0.1) is 6.92 Å². The molecule has 1 aliphatic rings. The molecule has 2 atom stereocenters. The van der Waals surface area contributed by atoms with E-state index in [4.69, 9.17) is 0 Å². The standard InChI is InChI=1S/C13H23N3S/c1-4-14-12-5-6-16(11(3)7-12)8-13-15-10(2)9-17-13/h9,11-12,14H,4-8H2,1-3H3. The number of thiazole rings is 1. The monoisotopic (exact) mass is 253 g/mol. The summed E-state index contributed by atoms with van der Waals surface area (Å²) in [6.07, 6.45) is 2.53. The van der Waals surface area contributed by atoms with Crippen molar-refractivity contribution in [3.05, 3.63) is 16.1 Å². The zero-order chi connectivity index (χ0) is 12.3. The van der Waals surface area contributed by atoms with Gasteiger partial charge in [-0.1, -0.05) is 6.92 Å². The van der Waals surface area contributed by atoms with Crippen LogP contribution in [-0.4, -0.2) is 35.1 Å². The number of hydrogen-bond acceptors (Lipinski definition) is 4. The third-order valence-corrected chi connectivity index (χ3v) is 4.46. The van der Waals surface area contributed by atoms with Crippen LogP contribution in [0.5, 0.6) is 0 Å². The van der Waals surface area contributed by atoms with Gasteiger partial charge >= 0.3 is 0 Å². The van der Waals surface area contributed by atoms with Crippen molar-refractivity contribution in [2.24, 2.45) is 0 Å². The fourth-order valence-electron chi connectivity index (χ4n) is 2.58. The second-order valence-corrected chi connectivity index (χ2v) is 5.92. The van der Waals surface area contributed by atoms with Gasteiger partial charge in [0.25, 0.3) is 0 Å². The van der Waals surface area contributed by atoms with Gasteiger partial charge in [0.15, 0.2) is 0 Å². The van der Waals surface area contributed by atoms with Crippen LogP contribution in [-0.2, 0) is 6.54 Å². The van der Waals surface area contributed by atoms with Crippen molar-refractivity contribution in [1.82, 2.24) is 15.2 Å². The average molecular weight is 253 g/mol. The first-order valence-electron chi connectivity index (χ1n) is 6.57. The van der Waals surface area contributed by atoms with Gasteiger partial charge in [-0.3, -0.25) is 4.90 Å². The predicted octanol–water partition coefficient (Wildman–Crippen LogP) is 2.41. The van der Waals surface area contributed by atoms with Crippen molar-refractivity contribution >= 4 is 11.3 Å². The van der Waals surface area contributed by atoms with E-state index in [1.54, 1.807) is 11.3 Å². The van der Waals surface area contributed by atoms with E-state index in [1.165, 1.54) is 24.4 Å². The fraction of sp³-hybridized carbons (Fsp3) is 0.769. The van der Waals surface area contributed by atoms with Crippen LogP contribution in [0.15, 0.2) is 5.38 Å². The molecule has 2 heterocycles. The summed E-state index contributed by atoms with van der Waals surface area (Å²) in [4.78, 5) is 7.12. The minimum absolute atomic E-state index is 0.664. The molecule has 1 fully saturated rings. The van der Waals surface area contributed by atoms with E-state index >= 15 is 0 Å². The Morgan fingerprint density at radius 3 is 3.00 bits per heavy atom. The third-order valence-electron chi connectivity index (χ3n) is 3.51. The second-order valence-electron chi connectivity index (χ2n) is 4.98. The molecular weight excluding hydrogens is 230 g/mol. The molecule has 1 N–H and O–H groups in total. The van der Waals surface area contributed by atoms with Crippen LogP contribution in [0.3, 0.4) is 0 Å². The Bertz CT molecular complexity index is 350. The number of nitrogens with one attached hydrogen (secondary N) is 1. The first kappa shape index (κ1) is 13.0. The number of rotatable bonds is 4. The summed E-state index contributed by atoms with van der Waals surface area (Å²) in [5, 5.41) is 6.97. The van der Waals surface area contributed by atoms with E-state index in [0.29, 0.717) is 12.1 Å². The zero-order valence-electron chi connectivity index (χ0n) is 11.1. The summed E-state index contributed by atoms with van der Waals surface area (Å²) in [5.74, 6) is 0. The van der Waals surface area contributed by atoms with E-state index in [-0.39, 0.29) is 0 Å². The lowest BCUT2D eigenvalue weighted by Crippen LogP contribution is -2.46. The van der Waals surface area contributed by atoms with E-state index in [1.807, 2.05) is 0 Å². The van der Waals surface area contributed by atoms with Crippen molar-refractivity contribution in [2.45, 2.75) is 52.2 Å². The van der Waals surface area contributed by atoms with E-state index in [9.17, 15) is 0 Å². The van der Waals surface area contributed by atoms with Gasteiger partial charge in [0.1, 0.15) is 5.01 Å². The van der Waals surface area contributed by atoms with Gasteiger partial charge in [-0.05, 0) is 33.2 Å². The van der Waals surface area contributed by atoms with Crippen molar-refractivity contribution in [3.8, 4) is 0 Å². The molecule has 0 radical (unpaired) electrons. The van der Waals surface area contributed by atoms with E-state index < -0.39 is 0 Å². The molecule has 1 saturated heterocycles. The highest BCUT2D eigenvalue weighted by molar-refractivity contribution is 7.09. The quantitative estimate of drug-likeness (QED) is 0.893. The normalized spacial score (nSPS) is 26.3. The molecule has 17 heavy (non-hydrogen) atoms. The molecule has 0 saturated carbocycles. The minimum Gasteiger partial charge on any atom is -0.314 e. The van der Waals surface area contributed by atoms with E-state index in [0.717, 1.165) is 18.8 Å².